The summed E-state index contributed by atoms with van der Waals surface area (Å²) in [5.74, 6) is -0.336. The molecule has 0 aliphatic carbocycles. The van der Waals surface area contributed by atoms with Crippen LogP contribution in [0, 0.1) is 0 Å². The molecule has 0 saturated carbocycles. The molecule has 18 heavy (non-hydrogen) atoms. The van der Waals surface area contributed by atoms with E-state index >= 15 is 0 Å². The molecular weight excluding hydrogens is 232 g/mol. The largest absolute Gasteiger partial charge is 0.475 e. The number of hydrogen-bond donors (Lipinski definition) is 2. The lowest BCUT2D eigenvalue weighted by molar-refractivity contribution is 0.0660. The lowest BCUT2D eigenvalue weighted by Crippen LogP contribution is -2.45. The van der Waals surface area contributed by atoms with Crippen LogP contribution in [0.4, 0.5) is 0 Å². The maximum Gasteiger partial charge on any atom is 0.371 e. The van der Waals surface area contributed by atoms with Crippen LogP contribution in [0.5, 0.6) is 0 Å². The Morgan fingerprint density at radius 1 is 1.61 bits per heavy atom. The number of likely N-dealkylation sites (tertiary alicyclic amines) is 1. The molecule has 0 radical (unpaired) electrons. The quantitative estimate of drug-likeness (QED) is 0.851. The van der Waals surface area contributed by atoms with Crippen molar-refractivity contribution in [3.63, 3.8) is 0 Å². The van der Waals surface area contributed by atoms with E-state index in [1.807, 2.05) is 0 Å². The van der Waals surface area contributed by atoms with E-state index in [1.165, 1.54) is 6.07 Å². The van der Waals surface area contributed by atoms with Gasteiger partial charge in [-0.15, -0.1) is 0 Å². The van der Waals surface area contributed by atoms with Crippen molar-refractivity contribution in [1.29, 1.82) is 0 Å². The van der Waals surface area contributed by atoms with Crippen LogP contribution < -0.4 is 5.32 Å². The lowest BCUT2D eigenvalue weighted by Gasteiger charge is -2.35. The van der Waals surface area contributed by atoms with Crippen LogP contribution in [0.25, 0.3) is 0 Å². The van der Waals surface area contributed by atoms with Gasteiger partial charge in [0.1, 0.15) is 5.76 Å². The SMILES string of the molecule is CC1CC(NCc2ccc(C(=O)O)o2)CCN1C. The topological polar surface area (TPSA) is 65.7 Å². The summed E-state index contributed by atoms with van der Waals surface area (Å²) in [6, 6.07) is 4.28. The molecule has 2 N–H and O–H groups in total. The summed E-state index contributed by atoms with van der Waals surface area (Å²) in [6.45, 7) is 3.91. The number of carboxylic acid groups (broad SMARTS) is 1. The first-order valence-electron chi connectivity index (χ1n) is 6.32. The van der Waals surface area contributed by atoms with E-state index in [0.29, 0.717) is 24.4 Å². The van der Waals surface area contributed by atoms with Crippen molar-refractivity contribution in [2.45, 2.75) is 38.4 Å². The molecule has 1 aliphatic rings. The zero-order valence-corrected chi connectivity index (χ0v) is 10.8. The van der Waals surface area contributed by atoms with Gasteiger partial charge in [0.15, 0.2) is 0 Å². The van der Waals surface area contributed by atoms with E-state index in [2.05, 4.69) is 24.2 Å². The Morgan fingerprint density at radius 2 is 2.39 bits per heavy atom. The highest BCUT2D eigenvalue weighted by atomic mass is 16.4. The molecule has 2 atom stereocenters. The molecule has 0 amide bonds. The molecule has 0 bridgehead atoms. The number of hydrogen-bond acceptors (Lipinski definition) is 4. The minimum atomic E-state index is -1.02. The van der Waals surface area contributed by atoms with Crippen molar-refractivity contribution in [2.75, 3.05) is 13.6 Å². The molecule has 0 aromatic carbocycles. The predicted octanol–water partition coefficient (Wildman–Crippen LogP) is 1.55. The Balaban J connectivity index is 1.82. The molecule has 1 saturated heterocycles. The van der Waals surface area contributed by atoms with Gasteiger partial charge in [0.25, 0.3) is 0 Å². The van der Waals surface area contributed by atoms with E-state index in [-0.39, 0.29) is 5.76 Å². The number of nitrogens with zero attached hydrogens (tertiary/aromatic N) is 1. The highest BCUT2D eigenvalue weighted by Gasteiger charge is 2.22. The van der Waals surface area contributed by atoms with E-state index in [9.17, 15) is 4.79 Å². The molecule has 5 heteroatoms. The summed E-state index contributed by atoms with van der Waals surface area (Å²) in [5.41, 5.74) is 0. The third kappa shape index (κ3) is 3.11. The minimum Gasteiger partial charge on any atom is -0.475 e. The van der Waals surface area contributed by atoms with Crippen molar-refractivity contribution in [3.05, 3.63) is 23.7 Å². The monoisotopic (exact) mass is 252 g/mol. The second-order valence-electron chi connectivity index (χ2n) is 5.00. The van der Waals surface area contributed by atoms with Crippen LogP contribution >= 0.6 is 0 Å². The smallest absolute Gasteiger partial charge is 0.371 e. The van der Waals surface area contributed by atoms with E-state index in [0.717, 1.165) is 19.4 Å². The number of carboxylic acids is 1. The number of nitrogens with one attached hydrogen (secondary N) is 1. The zero-order chi connectivity index (χ0) is 13.1. The molecule has 100 valence electrons. The molecule has 1 aromatic heterocycles. The Labute approximate surface area is 107 Å². The molecule has 5 nitrogen and oxygen atoms in total. The first kappa shape index (κ1) is 13.1. The van der Waals surface area contributed by atoms with Gasteiger partial charge in [0.2, 0.25) is 5.76 Å². The van der Waals surface area contributed by atoms with Crippen LogP contribution in [-0.4, -0.2) is 41.7 Å². The highest BCUT2D eigenvalue weighted by Crippen LogP contribution is 2.16. The Morgan fingerprint density at radius 3 is 3.00 bits per heavy atom. The second kappa shape index (κ2) is 5.54. The molecule has 0 spiro atoms. The predicted molar refractivity (Wildman–Crippen MR) is 67.6 cm³/mol. The van der Waals surface area contributed by atoms with E-state index in [1.54, 1.807) is 6.07 Å². The summed E-state index contributed by atoms with van der Waals surface area (Å²) >= 11 is 0. The molecule has 1 fully saturated rings. The lowest BCUT2D eigenvalue weighted by atomic mass is 9.99. The van der Waals surface area contributed by atoms with Crippen molar-refractivity contribution < 1.29 is 14.3 Å². The number of aromatic carboxylic acids is 1. The fraction of sp³-hybridized carbons (Fsp3) is 0.615. The highest BCUT2D eigenvalue weighted by molar-refractivity contribution is 5.84. The molecular formula is C13H20N2O3. The summed E-state index contributed by atoms with van der Waals surface area (Å²) in [6.07, 6.45) is 2.23. The third-order valence-electron chi connectivity index (χ3n) is 3.65. The van der Waals surface area contributed by atoms with Gasteiger partial charge < -0.3 is 19.7 Å². The van der Waals surface area contributed by atoms with E-state index in [4.69, 9.17) is 9.52 Å². The zero-order valence-electron chi connectivity index (χ0n) is 10.8. The van der Waals surface area contributed by atoms with E-state index < -0.39 is 5.97 Å². The van der Waals surface area contributed by atoms with Crippen molar-refractivity contribution in [1.82, 2.24) is 10.2 Å². The normalized spacial score (nSPS) is 25.2. The molecule has 2 rings (SSSR count). The minimum absolute atomic E-state index is 0.00328. The fourth-order valence-electron chi connectivity index (χ4n) is 2.31. The van der Waals surface area contributed by atoms with Crippen LogP contribution in [0.2, 0.25) is 0 Å². The third-order valence-corrected chi connectivity index (χ3v) is 3.65. The number of piperidine rings is 1. The Hall–Kier alpha value is -1.33. The average molecular weight is 252 g/mol. The summed E-state index contributed by atoms with van der Waals surface area (Å²) < 4.78 is 5.21. The first-order chi connectivity index (χ1) is 8.56. The molecule has 1 aromatic rings. The van der Waals surface area contributed by atoms with Gasteiger partial charge in [0.05, 0.1) is 6.54 Å². The molecule has 1 aliphatic heterocycles. The van der Waals surface area contributed by atoms with Gasteiger partial charge in [-0.25, -0.2) is 4.79 Å². The van der Waals surface area contributed by atoms with Crippen LogP contribution in [0.1, 0.15) is 36.1 Å². The van der Waals surface area contributed by atoms with Crippen molar-refractivity contribution >= 4 is 5.97 Å². The molecule has 2 heterocycles. The van der Waals surface area contributed by atoms with Gasteiger partial charge in [0, 0.05) is 12.1 Å². The maximum absolute atomic E-state index is 10.7. The summed E-state index contributed by atoms with van der Waals surface area (Å²) in [4.78, 5) is 13.0. The molecule has 2 unspecified atom stereocenters. The standard InChI is InChI=1S/C13H20N2O3/c1-9-7-10(5-6-15(9)2)14-8-11-3-4-12(18-11)13(16)17/h3-4,9-10,14H,5-8H2,1-2H3,(H,16,17). The summed E-state index contributed by atoms with van der Waals surface area (Å²) in [5, 5.41) is 12.2. The average Bonchev–Trinajstić information content (AvgIpc) is 2.79. The number of furan rings is 1. The Kier molecular flexibility index (Phi) is 4.04. The van der Waals surface area contributed by atoms with Gasteiger partial charge in [-0.3, -0.25) is 0 Å². The van der Waals surface area contributed by atoms with Gasteiger partial charge >= 0.3 is 5.97 Å². The number of carbonyl (C=O) groups is 1. The maximum atomic E-state index is 10.7. The fourth-order valence-corrected chi connectivity index (χ4v) is 2.31. The Bertz CT molecular complexity index is 416. The summed E-state index contributed by atoms with van der Waals surface area (Å²) in [7, 11) is 2.15. The van der Waals surface area contributed by atoms with Gasteiger partial charge in [-0.2, -0.15) is 0 Å². The first-order valence-corrected chi connectivity index (χ1v) is 6.32. The van der Waals surface area contributed by atoms with Crippen LogP contribution in [0.3, 0.4) is 0 Å². The van der Waals surface area contributed by atoms with Crippen molar-refractivity contribution in [2.24, 2.45) is 0 Å². The van der Waals surface area contributed by atoms with Crippen molar-refractivity contribution in [3.8, 4) is 0 Å². The second-order valence-corrected chi connectivity index (χ2v) is 5.00. The number of rotatable bonds is 4. The van der Waals surface area contributed by atoms with Crippen LogP contribution in [-0.2, 0) is 6.54 Å². The van der Waals surface area contributed by atoms with Gasteiger partial charge in [-0.1, -0.05) is 0 Å². The van der Waals surface area contributed by atoms with Crippen LogP contribution in [0.15, 0.2) is 16.5 Å². The van der Waals surface area contributed by atoms with Gasteiger partial charge in [-0.05, 0) is 45.5 Å².